The summed E-state index contributed by atoms with van der Waals surface area (Å²) in [6, 6.07) is 6.80. The van der Waals surface area contributed by atoms with Gasteiger partial charge in [-0.2, -0.15) is 13.2 Å². The summed E-state index contributed by atoms with van der Waals surface area (Å²) in [5.74, 6) is -0.0310. The second-order valence-electron chi connectivity index (χ2n) is 2.36. The molecule has 0 aliphatic rings. The molecule has 0 heterocycles. The van der Waals surface area contributed by atoms with Crippen molar-refractivity contribution in [2.45, 2.75) is 11.3 Å². The minimum absolute atomic E-state index is 0.0228. The Bertz CT molecular complexity index is 268. The Morgan fingerprint density at radius 1 is 1.15 bits per heavy atom. The molecule has 0 spiro atoms. The van der Waals surface area contributed by atoms with Gasteiger partial charge in [-0.3, -0.25) is 0 Å². The van der Waals surface area contributed by atoms with Gasteiger partial charge in [-0.15, -0.1) is 0 Å². The van der Waals surface area contributed by atoms with E-state index in [0.29, 0.717) is 5.56 Å². The van der Waals surface area contributed by atoms with Crippen LogP contribution in [-0.2, 0) is 5.75 Å². The highest BCUT2D eigenvalue weighted by molar-refractivity contribution is 9.10. The van der Waals surface area contributed by atoms with Crippen molar-refractivity contribution in [1.29, 1.82) is 0 Å². The highest BCUT2D eigenvalue weighted by Gasteiger charge is 2.27. The van der Waals surface area contributed by atoms with Crippen LogP contribution in [0.1, 0.15) is 5.56 Å². The molecule has 0 fully saturated rings. The summed E-state index contributed by atoms with van der Waals surface area (Å²) in [5, 5.41) is 0. The van der Waals surface area contributed by atoms with Crippen LogP contribution in [0, 0.1) is 0 Å². The van der Waals surface area contributed by atoms with E-state index in [1.54, 1.807) is 24.3 Å². The largest absolute Gasteiger partial charge is 0.442 e. The molecule has 72 valence electrons. The summed E-state index contributed by atoms with van der Waals surface area (Å²) in [7, 11) is 0. The van der Waals surface area contributed by atoms with Gasteiger partial charge in [-0.1, -0.05) is 28.1 Å². The Hall–Kier alpha value is -0.160. The lowest BCUT2D eigenvalue weighted by Crippen LogP contribution is -2.00. The first kappa shape index (κ1) is 10.9. The molecule has 1 aromatic rings. The molecule has 0 nitrogen and oxygen atoms in total. The van der Waals surface area contributed by atoms with Crippen molar-refractivity contribution in [3.05, 3.63) is 34.3 Å². The fraction of sp³-hybridized carbons (Fsp3) is 0.250. The third-order valence-corrected chi connectivity index (χ3v) is 2.65. The van der Waals surface area contributed by atoms with Crippen molar-refractivity contribution in [3.8, 4) is 0 Å². The molecule has 0 atom stereocenters. The van der Waals surface area contributed by atoms with Gasteiger partial charge >= 0.3 is 5.51 Å². The van der Waals surface area contributed by atoms with E-state index in [4.69, 9.17) is 0 Å². The lowest BCUT2D eigenvalue weighted by Gasteiger charge is -2.04. The second-order valence-corrected chi connectivity index (χ2v) is 4.32. The molecule has 0 bridgehead atoms. The van der Waals surface area contributed by atoms with Crippen molar-refractivity contribution in [1.82, 2.24) is 0 Å². The number of hydrogen-bond donors (Lipinski definition) is 0. The maximum Gasteiger partial charge on any atom is 0.442 e. The van der Waals surface area contributed by atoms with E-state index in [1.807, 2.05) is 0 Å². The number of halogens is 4. The highest BCUT2D eigenvalue weighted by Crippen LogP contribution is 2.32. The smallest absolute Gasteiger partial charge is 0.160 e. The maximum atomic E-state index is 11.8. The van der Waals surface area contributed by atoms with Crippen molar-refractivity contribution in [2.75, 3.05) is 0 Å². The SMILES string of the molecule is FC(F)(F)SCc1ccc(Br)cc1. The van der Waals surface area contributed by atoms with Crippen LogP contribution in [0.25, 0.3) is 0 Å². The number of thioether (sulfide) groups is 1. The zero-order valence-corrected chi connectivity index (χ0v) is 8.84. The third kappa shape index (κ3) is 4.57. The standard InChI is InChI=1S/C8H6BrF3S/c9-7-3-1-6(2-4-7)5-13-8(10,11)12/h1-4H,5H2. The van der Waals surface area contributed by atoms with E-state index < -0.39 is 5.51 Å². The molecule has 0 unspecified atom stereocenters. The van der Waals surface area contributed by atoms with Gasteiger partial charge < -0.3 is 0 Å². The Balaban J connectivity index is 2.51. The van der Waals surface area contributed by atoms with E-state index in [0.717, 1.165) is 4.47 Å². The van der Waals surface area contributed by atoms with Gasteiger partial charge in [-0.05, 0) is 29.5 Å². The van der Waals surface area contributed by atoms with E-state index in [9.17, 15) is 13.2 Å². The summed E-state index contributed by atoms with van der Waals surface area (Å²) in [4.78, 5) is 0. The molecule has 1 aromatic carbocycles. The predicted molar refractivity (Wildman–Crippen MR) is 51.5 cm³/mol. The Morgan fingerprint density at radius 3 is 2.15 bits per heavy atom. The van der Waals surface area contributed by atoms with Gasteiger partial charge in [0.05, 0.1) is 0 Å². The fourth-order valence-electron chi connectivity index (χ4n) is 0.746. The lowest BCUT2D eigenvalue weighted by atomic mass is 10.2. The van der Waals surface area contributed by atoms with Crippen LogP contribution >= 0.6 is 27.7 Å². The van der Waals surface area contributed by atoms with Crippen LogP contribution in [0.15, 0.2) is 28.7 Å². The maximum absolute atomic E-state index is 11.8. The van der Waals surface area contributed by atoms with Gasteiger partial charge in [0.1, 0.15) is 0 Å². The first-order valence-electron chi connectivity index (χ1n) is 3.42. The molecule has 0 amide bonds. The molecule has 0 saturated carbocycles. The lowest BCUT2D eigenvalue weighted by molar-refractivity contribution is -0.0329. The number of benzene rings is 1. The number of alkyl halides is 3. The molecule has 0 aliphatic carbocycles. The second kappa shape index (κ2) is 4.37. The van der Waals surface area contributed by atoms with Crippen LogP contribution in [0.3, 0.4) is 0 Å². The van der Waals surface area contributed by atoms with Crippen LogP contribution in [0.4, 0.5) is 13.2 Å². The quantitative estimate of drug-likeness (QED) is 0.776. The Kier molecular flexibility index (Phi) is 3.67. The minimum atomic E-state index is -4.15. The van der Waals surface area contributed by atoms with E-state index in [1.165, 1.54) is 0 Å². The van der Waals surface area contributed by atoms with Gasteiger partial charge in [0.15, 0.2) is 0 Å². The first-order valence-corrected chi connectivity index (χ1v) is 5.20. The normalized spacial score (nSPS) is 11.7. The average molecular weight is 271 g/mol. The van der Waals surface area contributed by atoms with Crippen molar-refractivity contribution in [2.24, 2.45) is 0 Å². The summed E-state index contributed by atoms with van der Waals surface area (Å²) in [6.07, 6.45) is 0. The Labute approximate surface area is 86.6 Å². The first-order chi connectivity index (χ1) is 5.97. The third-order valence-electron chi connectivity index (χ3n) is 1.32. The molecule has 0 N–H and O–H groups in total. The Morgan fingerprint density at radius 2 is 1.69 bits per heavy atom. The molecular formula is C8H6BrF3S. The molecule has 0 aliphatic heterocycles. The predicted octanol–water partition coefficient (Wildman–Crippen LogP) is 4.20. The van der Waals surface area contributed by atoms with E-state index >= 15 is 0 Å². The highest BCUT2D eigenvalue weighted by atomic mass is 79.9. The number of rotatable bonds is 2. The zero-order valence-electron chi connectivity index (χ0n) is 6.44. The average Bonchev–Trinajstić information content (AvgIpc) is 2.02. The summed E-state index contributed by atoms with van der Waals surface area (Å²) in [6.45, 7) is 0. The van der Waals surface area contributed by atoms with Gasteiger partial charge in [0.25, 0.3) is 0 Å². The van der Waals surface area contributed by atoms with Gasteiger partial charge in [0.2, 0.25) is 0 Å². The molecule has 0 saturated heterocycles. The van der Waals surface area contributed by atoms with Crippen molar-refractivity contribution in [3.63, 3.8) is 0 Å². The molecule has 1 rings (SSSR count). The fourth-order valence-corrected chi connectivity index (χ4v) is 1.53. The van der Waals surface area contributed by atoms with Crippen LogP contribution < -0.4 is 0 Å². The van der Waals surface area contributed by atoms with Crippen LogP contribution in [0.2, 0.25) is 0 Å². The van der Waals surface area contributed by atoms with Gasteiger partial charge in [0, 0.05) is 10.2 Å². The summed E-state index contributed by atoms with van der Waals surface area (Å²) < 4.78 is 36.2. The summed E-state index contributed by atoms with van der Waals surface area (Å²) >= 11 is 3.18. The van der Waals surface area contributed by atoms with E-state index in [2.05, 4.69) is 15.9 Å². The van der Waals surface area contributed by atoms with Crippen LogP contribution in [-0.4, -0.2) is 5.51 Å². The number of hydrogen-bond acceptors (Lipinski definition) is 1. The van der Waals surface area contributed by atoms with Crippen molar-refractivity contribution < 1.29 is 13.2 Å². The molecule has 0 radical (unpaired) electrons. The monoisotopic (exact) mass is 270 g/mol. The zero-order chi connectivity index (χ0) is 9.90. The molecule has 0 aromatic heterocycles. The van der Waals surface area contributed by atoms with Gasteiger partial charge in [-0.25, -0.2) is 0 Å². The molecule has 13 heavy (non-hydrogen) atoms. The molecule has 5 heteroatoms. The van der Waals surface area contributed by atoms with E-state index in [-0.39, 0.29) is 17.5 Å². The van der Waals surface area contributed by atoms with Crippen molar-refractivity contribution >= 4 is 27.7 Å². The van der Waals surface area contributed by atoms with Crippen LogP contribution in [0.5, 0.6) is 0 Å². The topological polar surface area (TPSA) is 0 Å². The summed E-state index contributed by atoms with van der Waals surface area (Å²) in [5.41, 5.74) is -3.47. The minimum Gasteiger partial charge on any atom is -0.160 e. The molecular weight excluding hydrogens is 265 g/mol.